The van der Waals surface area contributed by atoms with E-state index in [9.17, 15) is 4.79 Å². The number of nitrogens with two attached hydrogens (primary N) is 1. The largest absolute Gasteiger partial charge is 0.468 e. The molecule has 1 unspecified atom stereocenters. The lowest BCUT2D eigenvalue weighted by atomic mass is 10.1. The van der Waals surface area contributed by atoms with Crippen molar-refractivity contribution in [2.24, 2.45) is 5.73 Å². The molecular formula is C18H18N4O2. The summed E-state index contributed by atoms with van der Waals surface area (Å²) in [6.45, 7) is 0. The van der Waals surface area contributed by atoms with Crippen LogP contribution in [0.2, 0.25) is 0 Å². The number of hydrogen-bond donors (Lipinski definition) is 2. The van der Waals surface area contributed by atoms with Crippen molar-refractivity contribution >= 4 is 28.2 Å². The first kappa shape index (κ1) is 15.9. The first-order valence-corrected chi connectivity index (χ1v) is 7.55. The van der Waals surface area contributed by atoms with E-state index in [0.717, 1.165) is 27.8 Å². The highest BCUT2D eigenvalue weighted by atomic mass is 16.5. The van der Waals surface area contributed by atoms with Crippen molar-refractivity contribution in [1.82, 2.24) is 9.97 Å². The lowest BCUT2D eigenvalue weighted by Crippen LogP contribution is -2.33. The molecule has 24 heavy (non-hydrogen) atoms. The van der Waals surface area contributed by atoms with Crippen LogP contribution in [0.5, 0.6) is 0 Å². The van der Waals surface area contributed by atoms with E-state index in [4.69, 9.17) is 5.73 Å². The van der Waals surface area contributed by atoms with Crippen LogP contribution in [0.15, 0.2) is 55.0 Å². The van der Waals surface area contributed by atoms with Gasteiger partial charge in [0.15, 0.2) is 0 Å². The quantitative estimate of drug-likeness (QED) is 0.701. The minimum absolute atomic E-state index is 0.411. The number of ether oxygens (including phenoxy) is 1. The Morgan fingerprint density at radius 2 is 2.00 bits per heavy atom. The normalized spacial score (nSPS) is 11.9. The maximum absolute atomic E-state index is 11.4. The maximum Gasteiger partial charge on any atom is 0.322 e. The molecule has 6 nitrogen and oxygen atoms in total. The number of carbonyl (C=O) groups is 1. The smallest absolute Gasteiger partial charge is 0.322 e. The van der Waals surface area contributed by atoms with E-state index in [1.54, 1.807) is 18.6 Å². The van der Waals surface area contributed by atoms with Gasteiger partial charge >= 0.3 is 5.97 Å². The van der Waals surface area contributed by atoms with E-state index >= 15 is 0 Å². The molecule has 2 aromatic heterocycles. The van der Waals surface area contributed by atoms with Crippen LogP contribution in [0.4, 0.5) is 11.5 Å². The third-order valence-electron chi connectivity index (χ3n) is 3.74. The summed E-state index contributed by atoms with van der Waals surface area (Å²) < 4.78 is 4.64. The van der Waals surface area contributed by atoms with E-state index in [-0.39, 0.29) is 0 Å². The van der Waals surface area contributed by atoms with Crippen molar-refractivity contribution < 1.29 is 9.53 Å². The molecule has 1 aromatic carbocycles. The van der Waals surface area contributed by atoms with Gasteiger partial charge in [-0.05, 0) is 36.2 Å². The number of nitrogens with zero attached hydrogens (tertiary/aromatic N) is 2. The average Bonchev–Trinajstić information content (AvgIpc) is 2.63. The SMILES string of the molecule is COC(=O)C(N)Cc1ccc(Nc2nccc3cnccc23)cc1. The molecule has 0 saturated carbocycles. The zero-order valence-electron chi connectivity index (χ0n) is 13.3. The molecule has 1 atom stereocenters. The predicted molar refractivity (Wildman–Crippen MR) is 93.0 cm³/mol. The van der Waals surface area contributed by atoms with Crippen molar-refractivity contribution in [3.63, 3.8) is 0 Å². The van der Waals surface area contributed by atoms with Crippen LogP contribution in [0.25, 0.3) is 10.8 Å². The number of anilines is 2. The lowest BCUT2D eigenvalue weighted by Gasteiger charge is -2.11. The minimum Gasteiger partial charge on any atom is -0.468 e. The fourth-order valence-corrected chi connectivity index (χ4v) is 2.47. The summed E-state index contributed by atoms with van der Waals surface area (Å²) in [5.41, 5.74) is 7.65. The average molecular weight is 322 g/mol. The van der Waals surface area contributed by atoms with E-state index in [1.165, 1.54) is 7.11 Å². The Balaban J connectivity index is 1.75. The second-order valence-electron chi connectivity index (χ2n) is 5.41. The highest BCUT2D eigenvalue weighted by Gasteiger charge is 2.14. The number of nitrogens with one attached hydrogen (secondary N) is 1. The van der Waals surface area contributed by atoms with Crippen LogP contribution in [-0.2, 0) is 16.0 Å². The fraction of sp³-hybridized carbons (Fsp3) is 0.167. The highest BCUT2D eigenvalue weighted by Crippen LogP contribution is 2.23. The molecule has 0 aliphatic heterocycles. The van der Waals surface area contributed by atoms with Crippen LogP contribution in [0.3, 0.4) is 0 Å². The lowest BCUT2D eigenvalue weighted by molar-refractivity contribution is -0.142. The molecule has 3 aromatic rings. The zero-order valence-corrected chi connectivity index (χ0v) is 13.3. The van der Waals surface area contributed by atoms with Crippen LogP contribution >= 0.6 is 0 Å². The van der Waals surface area contributed by atoms with Crippen molar-refractivity contribution in [3.05, 3.63) is 60.6 Å². The van der Waals surface area contributed by atoms with Gasteiger partial charge in [-0.15, -0.1) is 0 Å². The fourth-order valence-electron chi connectivity index (χ4n) is 2.47. The number of hydrogen-bond acceptors (Lipinski definition) is 6. The number of esters is 1. The van der Waals surface area contributed by atoms with Crippen LogP contribution < -0.4 is 11.1 Å². The van der Waals surface area contributed by atoms with Gasteiger partial charge < -0.3 is 15.8 Å². The van der Waals surface area contributed by atoms with Gasteiger partial charge in [-0.3, -0.25) is 9.78 Å². The van der Waals surface area contributed by atoms with Gasteiger partial charge in [0.25, 0.3) is 0 Å². The predicted octanol–water partition coefficient (Wildman–Crippen LogP) is 2.42. The third-order valence-corrected chi connectivity index (χ3v) is 3.74. The molecule has 0 saturated heterocycles. The van der Waals surface area contributed by atoms with Gasteiger partial charge in [0.1, 0.15) is 11.9 Å². The summed E-state index contributed by atoms with van der Waals surface area (Å²) in [6, 6.07) is 10.9. The van der Waals surface area contributed by atoms with Crippen LogP contribution in [0.1, 0.15) is 5.56 Å². The molecule has 0 radical (unpaired) electrons. The van der Waals surface area contributed by atoms with E-state index in [2.05, 4.69) is 20.0 Å². The maximum atomic E-state index is 11.4. The number of aromatic nitrogens is 2. The first-order chi connectivity index (χ1) is 11.7. The van der Waals surface area contributed by atoms with Crippen LogP contribution in [-0.4, -0.2) is 29.1 Å². The highest BCUT2D eigenvalue weighted by molar-refractivity contribution is 5.92. The monoisotopic (exact) mass is 322 g/mol. The van der Waals surface area contributed by atoms with Crippen LogP contribution in [0, 0.1) is 0 Å². The number of fused-ring (bicyclic) bond motifs is 1. The molecule has 0 bridgehead atoms. The van der Waals surface area contributed by atoms with Crippen molar-refractivity contribution in [2.45, 2.75) is 12.5 Å². The molecule has 3 rings (SSSR count). The Kier molecular flexibility index (Phi) is 4.67. The van der Waals surface area contributed by atoms with Crippen molar-refractivity contribution in [2.75, 3.05) is 12.4 Å². The summed E-state index contributed by atoms with van der Waals surface area (Å²) in [6.07, 6.45) is 5.73. The summed E-state index contributed by atoms with van der Waals surface area (Å²) >= 11 is 0. The molecule has 0 aliphatic rings. The molecule has 0 fully saturated rings. The first-order valence-electron chi connectivity index (χ1n) is 7.55. The molecule has 0 aliphatic carbocycles. The molecule has 3 N–H and O–H groups in total. The van der Waals surface area contributed by atoms with Gasteiger partial charge in [0, 0.05) is 35.1 Å². The molecule has 0 spiro atoms. The Hall–Kier alpha value is -2.99. The van der Waals surface area contributed by atoms with E-state index in [1.807, 2.05) is 36.4 Å². The van der Waals surface area contributed by atoms with E-state index < -0.39 is 12.0 Å². The topological polar surface area (TPSA) is 90.1 Å². The number of carbonyl (C=O) groups excluding carboxylic acids is 1. The van der Waals surface area contributed by atoms with Gasteiger partial charge in [0.2, 0.25) is 0 Å². The standard InChI is InChI=1S/C18H18N4O2/c1-24-18(23)16(19)10-12-2-4-14(5-3-12)22-17-15-7-8-20-11-13(15)6-9-21-17/h2-9,11,16H,10,19H2,1H3,(H,21,22). The molecule has 6 heteroatoms. The molecule has 122 valence electrons. The Labute approximate surface area is 139 Å². The van der Waals surface area contributed by atoms with Gasteiger partial charge in [-0.2, -0.15) is 0 Å². The van der Waals surface area contributed by atoms with Crippen molar-refractivity contribution in [3.8, 4) is 0 Å². The summed E-state index contributed by atoms with van der Waals surface area (Å²) in [5, 5.41) is 5.33. The Morgan fingerprint density at radius 3 is 2.75 bits per heavy atom. The van der Waals surface area contributed by atoms with Gasteiger partial charge in [-0.25, -0.2) is 4.98 Å². The zero-order chi connectivity index (χ0) is 16.9. The number of rotatable bonds is 5. The molecule has 2 heterocycles. The number of pyridine rings is 2. The second-order valence-corrected chi connectivity index (χ2v) is 5.41. The summed E-state index contributed by atoms with van der Waals surface area (Å²) in [5.74, 6) is 0.361. The Bertz CT molecular complexity index is 844. The van der Waals surface area contributed by atoms with Crippen molar-refractivity contribution in [1.29, 1.82) is 0 Å². The molecular weight excluding hydrogens is 304 g/mol. The Morgan fingerprint density at radius 1 is 1.21 bits per heavy atom. The van der Waals surface area contributed by atoms with E-state index in [0.29, 0.717) is 6.42 Å². The third kappa shape index (κ3) is 3.49. The summed E-state index contributed by atoms with van der Waals surface area (Å²) in [4.78, 5) is 19.9. The number of benzene rings is 1. The number of methoxy groups -OCH3 is 1. The molecule has 0 amide bonds. The summed E-state index contributed by atoms with van der Waals surface area (Å²) in [7, 11) is 1.34. The minimum atomic E-state index is -0.652. The second kappa shape index (κ2) is 7.06. The van der Waals surface area contributed by atoms with Gasteiger partial charge in [-0.1, -0.05) is 12.1 Å². The van der Waals surface area contributed by atoms with Gasteiger partial charge in [0.05, 0.1) is 7.11 Å².